The van der Waals surface area contributed by atoms with Crippen LogP contribution in [-0.4, -0.2) is 16.2 Å². The number of rotatable bonds is 2. The van der Waals surface area contributed by atoms with Gasteiger partial charge in [-0.05, 0) is 0 Å². The molecule has 0 bridgehead atoms. The molecule has 0 aromatic heterocycles. The molecule has 0 heterocycles. The average Bonchev–Trinajstić information content (AvgIpc) is 1.68. The van der Waals surface area contributed by atoms with E-state index in [1.54, 1.807) is 0 Å². The second kappa shape index (κ2) is 3.61. The van der Waals surface area contributed by atoms with Crippen LogP contribution in [0.25, 0.3) is 0 Å². The normalized spacial score (nSPS) is 7.57. The summed E-state index contributed by atoms with van der Waals surface area (Å²) in [5.41, 5.74) is 0. The van der Waals surface area contributed by atoms with Crippen molar-refractivity contribution in [2.75, 3.05) is 0 Å². The summed E-state index contributed by atoms with van der Waals surface area (Å²) in [4.78, 5) is 10.1. The van der Waals surface area contributed by atoms with Gasteiger partial charge < -0.3 is 4.74 Å². The van der Waals surface area contributed by atoms with E-state index in [1.807, 2.05) is 0 Å². The van der Waals surface area contributed by atoms with Crippen LogP contribution in [0.2, 0.25) is 6.04 Å². The Bertz CT molecular complexity index is 79.8. The Hall–Kier alpha value is -0.573. The first-order valence-electron chi connectivity index (χ1n) is 1.76. The fraction of sp³-hybridized carbons (Fsp3) is 0.250. The summed E-state index contributed by atoms with van der Waals surface area (Å²) < 4.78 is 4.27. The molecule has 0 fully saturated rings. The molecule has 0 N–H and O–H groups in total. The lowest BCUT2D eigenvalue weighted by Crippen LogP contribution is -1.95. The maximum absolute atomic E-state index is 10.1. The van der Waals surface area contributed by atoms with Crippen LogP contribution in [0.4, 0.5) is 0 Å². The molecule has 37 valence electrons. The lowest BCUT2D eigenvalue weighted by molar-refractivity contribution is -0.135. The molecule has 0 saturated carbocycles. The largest absolute Gasteiger partial charge is 0.435 e. The first-order chi connectivity index (χ1) is 3.31. The van der Waals surface area contributed by atoms with Crippen molar-refractivity contribution in [1.82, 2.24) is 0 Å². The molecule has 7 heavy (non-hydrogen) atoms. The predicted octanol–water partition coefficient (Wildman–Crippen LogP) is 0.260. The Morgan fingerprint density at radius 1 is 2.00 bits per heavy atom. The van der Waals surface area contributed by atoms with E-state index < -0.39 is 0 Å². The summed E-state index contributed by atoms with van der Waals surface area (Å²) in [5.74, 6) is -0.327. The molecule has 0 rings (SSSR count). The van der Waals surface area contributed by atoms with E-state index in [1.165, 1.54) is 0 Å². The summed E-state index contributed by atoms with van der Waals surface area (Å²) in [5, 5.41) is 0. The van der Waals surface area contributed by atoms with E-state index in [2.05, 4.69) is 21.6 Å². The van der Waals surface area contributed by atoms with Gasteiger partial charge >= 0.3 is 5.97 Å². The SMILES string of the molecule is C=COC(=O)C[Si]. The smallest absolute Gasteiger partial charge is 0.307 e. The van der Waals surface area contributed by atoms with Crippen molar-refractivity contribution in [3.8, 4) is 0 Å². The maximum Gasteiger partial charge on any atom is 0.307 e. The summed E-state index contributed by atoms with van der Waals surface area (Å²) in [7, 11) is 2.94. The number of carbonyl (C=O) groups is 1. The van der Waals surface area contributed by atoms with Gasteiger partial charge in [0.15, 0.2) is 0 Å². The van der Waals surface area contributed by atoms with Gasteiger partial charge in [0.25, 0.3) is 0 Å². The average molecular weight is 113 g/mol. The molecule has 0 saturated heterocycles. The van der Waals surface area contributed by atoms with Gasteiger partial charge in [0.05, 0.1) is 6.26 Å². The predicted molar refractivity (Wildman–Crippen MR) is 26.8 cm³/mol. The highest BCUT2D eigenvalue weighted by molar-refractivity contribution is 6.18. The van der Waals surface area contributed by atoms with E-state index in [-0.39, 0.29) is 12.0 Å². The summed E-state index contributed by atoms with van der Waals surface area (Å²) >= 11 is 0. The molecule has 0 aromatic carbocycles. The van der Waals surface area contributed by atoms with Gasteiger partial charge in [-0.1, -0.05) is 6.58 Å². The van der Waals surface area contributed by atoms with Crippen molar-refractivity contribution >= 4 is 16.2 Å². The van der Waals surface area contributed by atoms with Crippen molar-refractivity contribution in [3.63, 3.8) is 0 Å². The highest BCUT2D eigenvalue weighted by Gasteiger charge is 1.89. The van der Waals surface area contributed by atoms with E-state index in [0.717, 1.165) is 6.26 Å². The third-order valence-corrected chi connectivity index (χ3v) is 0.648. The summed E-state index contributed by atoms with van der Waals surface area (Å²) in [6.45, 7) is 3.18. The lowest BCUT2D eigenvalue weighted by Gasteiger charge is -1.88. The molecular formula is C4H5O2Si. The van der Waals surface area contributed by atoms with Crippen molar-refractivity contribution in [2.45, 2.75) is 6.04 Å². The van der Waals surface area contributed by atoms with Crippen LogP contribution in [0.1, 0.15) is 0 Å². The Labute approximate surface area is 45.6 Å². The molecule has 0 aliphatic carbocycles. The second-order valence-electron chi connectivity index (χ2n) is 0.833. The molecule has 0 aromatic rings. The lowest BCUT2D eigenvalue weighted by atomic mass is 10.8. The zero-order chi connectivity index (χ0) is 5.70. The van der Waals surface area contributed by atoms with Crippen LogP contribution >= 0.6 is 0 Å². The number of esters is 1. The van der Waals surface area contributed by atoms with Crippen LogP contribution in [0.5, 0.6) is 0 Å². The van der Waals surface area contributed by atoms with Crippen LogP contribution in [0.15, 0.2) is 12.8 Å². The minimum Gasteiger partial charge on any atom is -0.435 e. The van der Waals surface area contributed by atoms with E-state index in [9.17, 15) is 4.79 Å². The summed E-state index contributed by atoms with van der Waals surface area (Å²) in [6.07, 6.45) is 1.10. The van der Waals surface area contributed by atoms with Crippen LogP contribution in [0, 0.1) is 0 Å². The minimum absolute atomic E-state index is 0.214. The zero-order valence-electron chi connectivity index (χ0n) is 3.81. The Morgan fingerprint density at radius 2 is 2.57 bits per heavy atom. The van der Waals surface area contributed by atoms with Gasteiger partial charge in [-0.15, -0.1) is 0 Å². The minimum atomic E-state index is -0.327. The molecule has 0 aliphatic heterocycles. The summed E-state index contributed by atoms with van der Waals surface area (Å²) in [6, 6.07) is 0.214. The maximum atomic E-state index is 10.1. The molecule has 2 nitrogen and oxygen atoms in total. The Morgan fingerprint density at radius 3 is 2.71 bits per heavy atom. The number of hydrogen-bond acceptors (Lipinski definition) is 2. The fourth-order valence-electron chi connectivity index (χ4n) is 0.135. The Balaban J connectivity index is 3.17. The van der Waals surface area contributed by atoms with Gasteiger partial charge in [-0.3, -0.25) is 4.79 Å². The molecule has 0 atom stereocenters. The Kier molecular flexibility index (Phi) is 3.32. The van der Waals surface area contributed by atoms with Gasteiger partial charge in [-0.25, -0.2) is 0 Å². The van der Waals surface area contributed by atoms with Gasteiger partial charge in [0.2, 0.25) is 0 Å². The third kappa shape index (κ3) is 3.25. The van der Waals surface area contributed by atoms with Crippen molar-refractivity contribution in [2.24, 2.45) is 0 Å². The molecule has 0 amide bonds. The van der Waals surface area contributed by atoms with Crippen LogP contribution in [0.3, 0.4) is 0 Å². The quantitative estimate of drug-likeness (QED) is 0.292. The van der Waals surface area contributed by atoms with E-state index >= 15 is 0 Å². The molecule has 3 heteroatoms. The monoisotopic (exact) mass is 113 g/mol. The molecule has 0 spiro atoms. The standard InChI is InChI=1S/C4H5O2Si/c1-2-6-4(5)3-7/h2H,1,3H2. The molecule has 3 radical (unpaired) electrons. The van der Waals surface area contributed by atoms with E-state index in [0.29, 0.717) is 0 Å². The zero-order valence-corrected chi connectivity index (χ0v) is 4.81. The molecule has 0 unspecified atom stereocenters. The number of carbonyl (C=O) groups excluding carboxylic acids is 1. The van der Waals surface area contributed by atoms with Crippen molar-refractivity contribution < 1.29 is 9.53 Å². The third-order valence-electron chi connectivity index (χ3n) is 0.359. The van der Waals surface area contributed by atoms with Crippen LogP contribution < -0.4 is 0 Å². The second-order valence-corrected chi connectivity index (χ2v) is 1.19. The molecular weight excluding hydrogens is 108 g/mol. The highest BCUT2D eigenvalue weighted by Crippen LogP contribution is 1.79. The van der Waals surface area contributed by atoms with Gasteiger partial charge in [0.1, 0.15) is 0 Å². The number of hydrogen-bond donors (Lipinski definition) is 0. The number of ether oxygens (including phenoxy) is 1. The van der Waals surface area contributed by atoms with E-state index in [4.69, 9.17) is 0 Å². The molecule has 0 aliphatic rings. The van der Waals surface area contributed by atoms with Gasteiger partial charge in [-0.2, -0.15) is 0 Å². The first kappa shape index (κ1) is 6.43. The van der Waals surface area contributed by atoms with Crippen molar-refractivity contribution in [3.05, 3.63) is 12.8 Å². The first-order valence-corrected chi connectivity index (χ1v) is 2.47. The van der Waals surface area contributed by atoms with Crippen molar-refractivity contribution in [1.29, 1.82) is 0 Å². The van der Waals surface area contributed by atoms with Gasteiger partial charge in [0, 0.05) is 16.3 Å². The highest BCUT2D eigenvalue weighted by atomic mass is 28.1. The fourth-order valence-corrected chi connectivity index (χ4v) is 0.218. The van der Waals surface area contributed by atoms with Crippen LogP contribution in [-0.2, 0) is 9.53 Å². The topological polar surface area (TPSA) is 26.3 Å².